The van der Waals surface area contributed by atoms with Gasteiger partial charge < -0.3 is 53.1 Å². The van der Waals surface area contributed by atoms with Crippen molar-refractivity contribution in [3.63, 3.8) is 0 Å². The van der Waals surface area contributed by atoms with Crippen LogP contribution in [-0.4, -0.2) is 160 Å². The number of alkyl halides is 7. The minimum atomic E-state index is -3.99. The van der Waals surface area contributed by atoms with Crippen LogP contribution in [0.2, 0.25) is 77.1 Å². The second-order valence-electron chi connectivity index (χ2n) is 43.2. The van der Waals surface area contributed by atoms with Gasteiger partial charge in [0.15, 0.2) is 5.67 Å². The summed E-state index contributed by atoms with van der Waals surface area (Å²) in [7, 11) is 10.3. The van der Waals surface area contributed by atoms with Gasteiger partial charge in [0.1, 0.15) is 5.67 Å². The Hall–Kier alpha value is 0.331. The zero-order valence-electron chi connectivity index (χ0n) is 75.3. The maximum absolute atomic E-state index is 14.3. The SMILES string of the molecule is C.C.C.C.C.C.C.C.C.C.C.C.CC1(C(F)(F)F)CC2CC1C1C3CCC(C3)C21.CC1(F)C2CC(C3C4CCC(C4)C32)C1(F)F.CC1(F)CC2CC1C1C3CCC(C3)C21.CC1CC2CC1C1C3CCC(C3)C21.CO[Si](C)(C)OC.CO[Si](C)(C)OC.CO[Si](C)(C)OC.CO[Si](C)(C)OC.CO[Si](C)(C)OC.CO[Si](C)(OC)C12CC3CC(CC(C)(C3)C1)C2. The van der Waals surface area contributed by atoms with Gasteiger partial charge in [-0.1, -0.05) is 110 Å². The van der Waals surface area contributed by atoms with E-state index in [1.165, 1.54) is 126 Å². The highest BCUT2D eigenvalue weighted by atomic mass is 28.4. The predicted molar refractivity (Wildman–Crippen MR) is 528 cm³/mol. The molecule has 25 heteroatoms. The van der Waals surface area contributed by atoms with Gasteiger partial charge in [-0.25, -0.2) is 17.6 Å². The maximum Gasteiger partial charge on any atom is 0.394 e. The van der Waals surface area contributed by atoms with Crippen LogP contribution in [0.5, 0.6) is 0 Å². The van der Waals surface area contributed by atoms with E-state index in [-0.39, 0.29) is 107 Å². The molecule has 124 heavy (non-hydrogen) atoms. The lowest BCUT2D eigenvalue weighted by Crippen LogP contribution is -2.60. The Morgan fingerprint density at radius 3 is 0.887 bits per heavy atom. The van der Waals surface area contributed by atoms with Gasteiger partial charge >= 0.3 is 57.5 Å². The monoisotopic (exact) mass is 1890 g/mol. The third kappa shape index (κ3) is 25.2. The molecule has 0 amide bonds. The zero-order chi connectivity index (χ0) is 83.3. The van der Waals surface area contributed by atoms with Crippen LogP contribution in [0.15, 0.2) is 0 Å². The lowest BCUT2D eigenvalue weighted by Gasteiger charge is -2.64. The van der Waals surface area contributed by atoms with Crippen molar-refractivity contribution in [2.75, 3.05) is 85.3 Å². The normalized spacial score (nSPS) is 41.6. The molecule has 12 nitrogen and oxygen atoms in total. The Morgan fingerprint density at radius 2 is 0.573 bits per heavy atom. The molecule has 0 N–H and O–H groups in total. The molecule has 20 fully saturated rings. The molecule has 20 bridgehead atoms. The summed E-state index contributed by atoms with van der Waals surface area (Å²) in [6, 6.07) is 0. The molecule has 0 aromatic carbocycles. The molecule has 750 valence electrons. The van der Waals surface area contributed by atoms with Crippen molar-refractivity contribution < 1.29 is 83.8 Å². The molecule has 20 rings (SSSR count). The van der Waals surface area contributed by atoms with Gasteiger partial charge in [-0.3, -0.25) is 0 Å². The van der Waals surface area contributed by atoms with Gasteiger partial charge in [0.2, 0.25) is 0 Å². The summed E-state index contributed by atoms with van der Waals surface area (Å²) in [5, 5.41) is 0.412. The Morgan fingerprint density at radius 1 is 0.282 bits per heavy atom. The molecule has 0 spiro atoms. The number of rotatable bonds is 13. The molecule has 0 radical (unpaired) electrons. The molecule has 0 aromatic rings. The lowest BCUT2D eigenvalue weighted by molar-refractivity contribution is -0.245. The van der Waals surface area contributed by atoms with Crippen molar-refractivity contribution >= 4 is 51.4 Å². The van der Waals surface area contributed by atoms with Crippen LogP contribution in [0, 0.1) is 171 Å². The molecule has 30 atom stereocenters. The van der Waals surface area contributed by atoms with Crippen molar-refractivity contribution in [2.45, 2.75) is 385 Å². The van der Waals surface area contributed by atoms with Crippen LogP contribution in [0.4, 0.5) is 30.7 Å². The number of hydrogen-bond acceptors (Lipinski definition) is 12. The summed E-state index contributed by atoms with van der Waals surface area (Å²) in [5.41, 5.74) is -3.79. The van der Waals surface area contributed by atoms with Crippen LogP contribution in [-0.2, 0) is 53.1 Å². The molecule has 0 aromatic heterocycles. The summed E-state index contributed by atoms with van der Waals surface area (Å²) in [6.07, 6.45) is 27.9. The summed E-state index contributed by atoms with van der Waals surface area (Å²) in [6.45, 7) is 31.8. The van der Waals surface area contributed by atoms with E-state index in [1.54, 1.807) is 103 Å². The first kappa shape index (κ1) is 128. The number of fused-ring (bicyclic) bond motifs is 36. The fraction of sp³-hybridized carbons (Fsp3) is 1.00. The number of halogens is 7. The molecule has 20 saturated carbocycles. The van der Waals surface area contributed by atoms with Crippen molar-refractivity contribution in [1.29, 1.82) is 0 Å². The highest BCUT2D eigenvalue weighted by molar-refractivity contribution is 6.69. The summed E-state index contributed by atoms with van der Waals surface area (Å²) in [5.74, 6) is 15.4. The summed E-state index contributed by atoms with van der Waals surface area (Å²) >= 11 is 0. The molecule has 0 heterocycles. The average Bonchev–Trinajstić information content (AvgIpc) is 1.49. The van der Waals surface area contributed by atoms with E-state index < -0.39 is 86.1 Å². The quantitative estimate of drug-likeness (QED) is 0.0994. The molecular formula is C99H209F7O12Si6. The van der Waals surface area contributed by atoms with E-state index in [2.05, 4.69) is 20.4 Å². The molecular weight excluding hydrogens is 1680 g/mol. The first-order valence-electron chi connectivity index (χ1n) is 44.4. The highest BCUT2D eigenvalue weighted by Crippen LogP contribution is 2.78. The second kappa shape index (κ2) is 47.9. The van der Waals surface area contributed by atoms with Gasteiger partial charge in [0.05, 0.1) is 5.41 Å². The minimum Gasteiger partial charge on any atom is -0.398 e. The largest absolute Gasteiger partial charge is 0.398 e. The van der Waals surface area contributed by atoms with Gasteiger partial charge in [-0.15, -0.1) is 0 Å². The Balaban J connectivity index is -0.00000133. The van der Waals surface area contributed by atoms with Crippen LogP contribution in [0.1, 0.15) is 284 Å². The fourth-order valence-corrected chi connectivity index (χ4v) is 33.8. The molecule has 20 aliphatic carbocycles. The fourth-order valence-electron chi connectivity index (χ4n) is 29.9. The van der Waals surface area contributed by atoms with Crippen LogP contribution in [0.3, 0.4) is 0 Å². The Labute approximate surface area is 771 Å². The smallest absolute Gasteiger partial charge is 0.394 e. The molecule has 0 aliphatic heterocycles. The van der Waals surface area contributed by atoms with Gasteiger partial charge in [-0.05, 0) is 400 Å². The maximum atomic E-state index is 14.3. The predicted octanol–water partition coefficient (Wildman–Crippen LogP) is 30.9. The van der Waals surface area contributed by atoms with Crippen molar-refractivity contribution in [2.24, 2.45) is 171 Å². The van der Waals surface area contributed by atoms with E-state index in [0.29, 0.717) is 70.6 Å². The van der Waals surface area contributed by atoms with Crippen LogP contribution >= 0.6 is 0 Å². The molecule has 20 aliphatic rings. The van der Waals surface area contributed by atoms with Crippen molar-refractivity contribution in [3.8, 4) is 0 Å². The zero-order valence-corrected chi connectivity index (χ0v) is 81.3. The van der Waals surface area contributed by atoms with Crippen molar-refractivity contribution in [3.05, 3.63) is 0 Å². The third-order valence-electron chi connectivity index (χ3n) is 36.2. The Bertz CT molecular complexity index is 2890. The van der Waals surface area contributed by atoms with Gasteiger partial charge in [0, 0.05) is 102 Å². The standard InChI is InChI=1S/C14H19F3.C14H26O2Si.C13H17F3.C13H19F.C13H20.5C4H12O2Si.12CH4/c1-13(14(15,16)17)6-9-5-10(13)12-8-3-2-7(4-8)11(9)12;1-13-6-11-5-12(7-13)9-14(8-11,10-13)17(4,15-2)16-3;1-12(14)8-5-9(13(12,15)16)11-7-3-2-6(4-7)10(8)11;1-13(14)6-9-5-10(13)12-8-3-2-7(4-8)11(9)12;1-7-4-10-6-11(7)13-9-3-2-8(5-9)12(10)13;5*1-5-7(3,4)6-2;;;;;;;;;;;;/h7-12H,2-6H2,1H3;11-12H,5-10H2,1-4H3;6-11H,2-5H2,1H3;7-12H,2-6H2,1H3;7-13H,2-6H2,1H3;5*1-4H3;12*1H4. The van der Waals surface area contributed by atoms with Crippen LogP contribution < -0.4 is 0 Å². The first-order valence-corrected chi connectivity index (χ1v) is 60.8. The topological polar surface area (TPSA) is 111 Å². The van der Waals surface area contributed by atoms with Gasteiger partial charge in [-0.2, -0.15) is 13.2 Å². The number of hydrogen-bond donors (Lipinski definition) is 0. The highest BCUT2D eigenvalue weighted by Gasteiger charge is 2.79. The minimum absolute atomic E-state index is 0. The molecule has 0 saturated heterocycles. The lowest BCUT2D eigenvalue weighted by atomic mass is 9.50. The van der Waals surface area contributed by atoms with E-state index in [9.17, 15) is 30.7 Å². The van der Waals surface area contributed by atoms with E-state index in [4.69, 9.17) is 53.1 Å². The van der Waals surface area contributed by atoms with Gasteiger partial charge in [0.25, 0.3) is 5.92 Å². The molecule has 30 unspecified atom stereocenters. The summed E-state index contributed by atoms with van der Waals surface area (Å²) in [4.78, 5) is 0. The second-order valence-corrected chi connectivity index (χ2v) is 65.1. The average molecular weight is 1890 g/mol. The van der Waals surface area contributed by atoms with E-state index in [1.807, 2.05) is 86.6 Å². The summed E-state index contributed by atoms with van der Waals surface area (Å²) < 4.78 is 158. The Kier molecular flexibility index (Phi) is 49.6. The van der Waals surface area contributed by atoms with E-state index >= 15 is 0 Å². The van der Waals surface area contributed by atoms with E-state index in [0.717, 1.165) is 92.3 Å². The third-order valence-corrected chi connectivity index (χ3v) is 50.1. The van der Waals surface area contributed by atoms with Crippen LogP contribution in [0.25, 0.3) is 0 Å². The van der Waals surface area contributed by atoms with Crippen molar-refractivity contribution in [1.82, 2.24) is 0 Å². The first-order chi connectivity index (χ1) is 51.9.